The number of benzene rings is 3. The van der Waals surface area contributed by atoms with Crippen molar-refractivity contribution < 1.29 is 60.2 Å². The first-order chi connectivity index (χ1) is 33.2. The molecule has 3 aromatic rings. The number of hydrogen-bond donors (Lipinski definition) is 9. The number of aryl methyl sites for hydroxylation is 3. The lowest BCUT2D eigenvalue weighted by Crippen LogP contribution is -2.18. The van der Waals surface area contributed by atoms with E-state index in [1.165, 1.54) is 79.1 Å². The van der Waals surface area contributed by atoms with Crippen molar-refractivity contribution in [3.8, 4) is 34.5 Å². The van der Waals surface area contributed by atoms with E-state index in [0.717, 1.165) is 74.5 Å². The van der Waals surface area contributed by atoms with Crippen molar-refractivity contribution >= 4 is 0 Å². The molecule has 9 N–H and O–H groups in total. The zero-order valence-electron chi connectivity index (χ0n) is 43.5. The van der Waals surface area contributed by atoms with Crippen LogP contribution in [0.2, 0.25) is 0 Å². The van der Waals surface area contributed by atoms with Crippen molar-refractivity contribution in [1.82, 2.24) is 0 Å². The molecule has 0 heterocycles. The van der Waals surface area contributed by atoms with Crippen molar-refractivity contribution in [1.29, 1.82) is 0 Å². The molecular weight excluding hydrogens is 877 g/mol. The molecule has 0 aromatic heterocycles. The molecule has 0 amide bonds. The maximum absolute atomic E-state index is 10.1. The van der Waals surface area contributed by atoms with E-state index in [9.17, 15) is 46.0 Å². The molecule has 0 unspecified atom stereocenters. The monoisotopic (exact) mass is 973 g/mol. The molecule has 0 aliphatic carbocycles. The maximum atomic E-state index is 10.1. The minimum atomic E-state index is -0.501. The van der Waals surface area contributed by atoms with E-state index >= 15 is 0 Å². The number of phenolic OH excluding ortho intramolecular Hbond substituents is 3. The number of ether oxygens (including phenoxy) is 3. The highest BCUT2D eigenvalue weighted by Crippen LogP contribution is 2.29. The van der Waals surface area contributed by atoms with Crippen molar-refractivity contribution in [2.24, 2.45) is 0 Å². The van der Waals surface area contributed by atoms with Gasteiger partial charge in [-0.15, -0.1) is 0 Å². The SMILES string of the molecule is CCCCCCCCC[C@H](O)C[C@H](O)CCc1ccc(O)c(OC)c1.CCCCCCC[C@H](O)C[C@H](O)CCc1ccc(O)c(OC)c1.CCCCC[C@H](O)C[C@H](O)CCc1ccc(O)c(OC)c1. The van der Waals surface area contributed by atoms with Gasteiger partial charge in [0.25, 0.3) is 0 Å². The average molecular weight is 973 g/mol. The van der Waals surface area contributed by atoms with E-state index in [0.29, 0.717) is 75.0 Å². The first kappa shape index (κ1) is 63.2. The zero-order chi connectivity index (χ0) is 51.2. The van der Waals surface area contributed by atoms with Gasteiger partial charge in [0.1, 0.15) is 0 Å². The molecule has 3 aromatic carbocycles. The van der Waals surface area contributed by atoms with Crippen molar-refractivity contribution in [2.45, 2.75) is 231 Å². The Kier molecular flexibility index (Phi) is 36.6. The minimum Gasteiger partial charge on any atom is -0.504 e. The highest BCUT2D eigenvalue weighted by Gasteiger charge is 2.15. The van der Waals surface area contributed by atoms with Crippen molar-refractivity contribution in [3.63, 3.8) is 0 Å². The molecule has 0 fully saturated rings. The Morgan fingerprint density at radius 1 is 0.333 bits per heavy atom. The summed E-state index contributed by atoms with van der Waals surface area (Å²) in [5.74, 6) is 1.71. The summed E-state index contributed by atoms with van der Waals surface area (Å²) in [6, 6.07) is 15.6. The topological polar surface area (TPSA) is 210 Å². The summed E-state index contributed by atoms with van der Waals surface area (Å²) in [6.07, 6.45) is 22.6. The quantitative estimate of drug-likeness (QED) is 0.0249. The molecule has 0 bridgehead atoms. The Bertz CT molecular complexity index is 1690. The maximum Gasteiger partial charge on any atom is 0.160 e. The number of unbranched alkanes of at least 4 members (excludes halogenated alkanes) is 12. The summed E-state index contributed by atoms with van der Waals surface area (Å²) in [7, 11) is 4.55. The van der Waals surface area contributed by atoms with Crippen LogP contribution in [0.3, 0.4) is 0 Å². The Morgan fingerprint density at radius 3 is 0.841 bits per heavy atom. The summed E-state index contributed by atoms with van der Waals surface area (Å²) < 4.78 is 15.2. The van der Waals surface area contributed by atoms with E-state index in [4.69, 9.17) is 14.2 Å². The fourth-order valence-corrected chi connectivity index (χ4v) is 8.23. The van der Waals surface area contributed by atoms with Crippen LogP contribution in [0.15, 0.2) is 54.6 Å². The second-order valence-corrected chi connectivity index (χ2v) is 18.9. The van der Waals surface area contributed by atoms with Crippen LogP contribution in [-0.2, 0) is 19.3 Å². The summed E-state index contributed by atoms with van der Waals surface area (Å²) in [4.78, 5) is 0. The predicted octanol–water partition coefficient (Wildman–Crippen LogP) is 11.4. The number of hydrogen-bond acceptors (Lipinski definition) is 12. The first-order valence-corrected chi connectivity index (χ1v) is 26.4. The van der Waals surface area contributed by atoms with Gasteiger partial charge in [-0.3, -0.25) is 0 Å². The minimum absolute atomic E-state index is 0.119. The van der Waals surface area contributed by atoms with Crippen LogP contribution in [0.25, 0.3) is 0 Å². The molecule has 6 atom stereocenters. The van der Waals surface area contributed by atoms with Crippen molar-refractivity contribution in [2.75, 3.05) is 21.3 Å². The van der Waals surface area contributed by atoms with Crippen LogP contribution >= 0.6 is 0 Å². The normalized spacial score (nSPS) is 13.7. The first-order valence-electron chi connectivity index (χ1n) is 26.4. The summed E-state index contributed by atoms with van der Waals surface area (Å²) in [5, 5.41) is 88.7. The molecule has 0 saturated carbocycles. The second-order valence-electron chi connectivity index (χ2n) is 18.9. The molecule has 0 saturated heterocycles. The van der Waals surface area contributed by atoms with Gasteiger partial charge < -0.3 is 60.2 Å². The van der Waals surface area contributed by atoms with Crippen LogP contribution in [0.5, 0.6) is 34.5 Å². The largest absolute Gasteiger partial charge is 0.504 e. The molecule has 396 valence electrons. The lowest BCUT2D eigenvalue weighted by Gasteiger charge is -2.16. The van der Waals surface area contributed by atoms with Crippen LogP contribution in [0.4, 0.5) is 0 Å². The van der Waals surface area contributed by atoms with Gasteiger partial charge in [0, 0.05) is 0 Å². The van der Waals surface area contributed by atoms with Gasteiger partial charge in [-0.25, -0.2) is 0 Å². The van der Waals surface area contributed by atoms with Crippen LogP contribution in [0.1, 0.15) is 192 Å². The second kappa shape index (κ2) is 39.9. The third kappa shape index (κ3) is 31.2. The molecule has 69 heavy (non-hydrogen) atoms. The van der Waals surface area contributed by atoms with Gasteiger partial charge in [0.2, 0.25) is 0 Å². The van der Waals surface area contributed by atoms with Gasteiger partial charge in [-0.05, 0) is 130 Å². The lowest BCUT2D eigenvalue weighted by molar-refractivity contribution is 0.0690. The van der Waals surface area contributed by atoms with E-state index in [-0.39, 0.29) is 17.2 Å². The fourth-order valence-electron chi connectivity index (χ4n) is 8.23. The summed E-state index contributed by atoms with van der Waals surface area (Å²) in [6.45, 7) is 6.54. The molecule has 0 aliphatic heterocycles. The van der Waals surface area contributed by atoms with Gasteiger partial charge in [0.15, 0.2) is 34.5 Å². The number of aliphatic hydroxyl groups is 6. The standard InChI is InChI=1S/C21H36O4.C19H32O4.C17H28O4/c1-3-4-5-6-7-8-9-10-18(22)16-19(23)13-11-17-12-14-20(24)21(15-17)25-2;1-3-4-5-6-7-8-16(20)14-17(21)11-9-15-10-12-18(22)19(13-15)23-2;1-3-4-5-6-14(18)12-15(19)9-7-13-8-10-16(20)17(11-13)21-2/h12,14-15,18-19,22-24H,3-11,13,16H2,1-2H3;10,12-13,16-17,20-22H,3-9,11,14H2,1-2H3;8,10-11,14-15,18-20H,3-7,9,12H2,1-2H3/t18-,19+;16-,17+;14-,15+/m000/s1. The van der Waals surface area contributed by atoms with Crippen LogP contribution in [0, 0.1) is 0 Å². The number of aliphatic hydroxyl groups excluding tert-OH is 6. The van der Waals surface area contributed by atoms with Crippen molar-refractivity contribution in [3.05, 3.63) is 71.3 Å². The molecule has 3 rings (SSSR count). The average Bonchev–Trinajstić information content (AvgIpc) is 3.33. The molecule has 0 spiro atoms. The van der Waals surface area contributed by atoms with Gasteiger partial charge in [-0.2, -0.15) is 0 Å². The number of rotatable bonds is 36. The third-order valence-electron chi connectivity index (χ3n) is 12.6. The molecule has 0 radical (unpaired) electrons. The third-order valence-corrected chi connectivity index (χ3v) is 12.6. The fraction of sp³-hybridized carbons (Fsp3) is 0.684. The van der Waals surface area contributed by atoms with Gasteiger partial charge in [0.05, 0.1) is 58.0 Å². The van der Waals surface area contributed by atoms with Gasteiger partial charge >= 0.3 is 0 Å². The van der Waals surface area contributed by atoms with E-state index < -0.39 is 36.6 Å². The predicted molar refractivity (Wildman–Crippen MR) is 279 cm³/mol. The van der Waals surface area contributed by atoms with Gasteiger partial charge in [-0.1, -0.05) is 135 Å². The highest BCUT2D eigenvalue weighted by molar-refractivity contribution is 5.43. The summed E-state index contributed by atoms with van der Waals surface area (Å²) >= 11 is 0. The Balaban J connectivity index is 0.000000519. The zero-order valence-corrected chi connectivity index (χ0v) is 43.5. The smallest absolute Gasteiger partial charge is 0.160 e. The molecule has 12 heteroatoms. The Labute approximate surface area is 416 Å². The van der Waals surface area contributed by atoms with Crippen LogP contribution in [-0.4, -0.2) is 104 Å². The highest BCUT2D eigenvalue weighted by atomic mass is 16.5. The van der Waals surface area contributed by atoms with Crippen LogP contribution < -0.4 is 14.2 Å². The lowest BCUT2D eigenvalue weighted by atomic mass is 9.99. The number of phenols is 3. The Hall–Kier alpha value is -3.78. The van der Waals surface area contributed by atoms with E-state index in [2.05, 4.69) is 20.8 Å². The Morgan fingerprint density at radius 2 is 0.565 bits per heavy atom. The molecule has 0 aliphatic rings. The molecule has 12 nitrogen and oxygen atoms in total. The number of aromatic hydroxyl groups is 3. The molecular formula is C57H96O12. The van der Waals surface area contributed by atoms with E-state index in [1.54, 1.807) is 36.4 Å². The van der Waals surface area contributed by atoms with E-state index in [1.807, 2.05) is 18.2 Å². The summed E-state index contributed by atoms with van der Waals surface area (Å²) in [5.41, 5.74) is 3.02. The number of methoxy groups -OCH3 is 3.